The molecule has 0 spiro atoms. The first-order valence-corrected chi connectivity index (χ1v) is 11.2. The third-order valence-corrected chi connectivity index (χ3v) is 6.86. The largest absolute Gasteiger partial charge is 0.573 e. The number of carbonyl (C=O) groups is 2. The molecule has 1 heterocycles. The summed E-state index contributed by atoms with van der Waals surface area (Å²) in [5.74, 6) is -1.16. The van der Waals surface area contributed by atoms with Crippen molar-refractivity contribution < 1.29 is 35.9 Å². The van der Waals surface area contributed by atoms with Crippen LogP contribution in [0.1, 0.15) is 11.6 Å². The van der Waals surface area contributed by atoms with Gasteiger partial charge in [-0.15, -0.1) is 13.2 Å². The van der Waals surface area contributed by atoms with Gasteiger partial charge < -0.3 is 10.5 Å². The number of nitrogens with one attached hydrogen (secondary N) is 1. The number of nitrogens with zero attached hydrogens (tertiary/aromatic N) is 2. The summed E-state index contributed by atoms with van der Waals surface area (Å²) in [5.41, 5.74) is 5.68. The summed E-state index contributed by atoms with van der Waals surface area (Å²) in [6, 6.07) is 10.7. The van der Waals surface area contributed by atoms with Crippen LogP contribution in [-0.4, -0.2) is 62.1 Å². The molecule has 0 radical (unpaired) electrons. The van der Waals surface area contributed by atoms with Gasteiger partial charge in [-0.25, -0.2) is 13.2 Å². The van der Waals surface area contributed by atoms with Crippen LogP contribution in [0.4, 0.5) is 18.0 Å². The third kappa shape index (κ3) is 6.21. The molecule has 0 bridgehead atoms. The molecule has 3 amide bonds. The Labute approximate surface area is 188 Å². The number of primary amides is 1. The maximum atomic E-state index is 12.9. The molecule has 33 heavy (non-hydrogen) atoms. The minimum absolute atomic E-state index is 0.0241. The summed E-state index contributed by atoms with van der Waals surface area (Å²) in [4.78, 5) is 25.3. The highest BCUT2D eigenvalue weighted by Crippen LogP contribution is 2.27. The van der Waals surface area contributed by atoms with Crippen molar-refractivity contribution in [2.45, 2.75) is 17.3 Å². The Morgan fingerprint density at radius 1 is 0.970 bits per heavy atom. The highest BCUT2D eigenvalue weighted by Gasteiger charge is 2.35. The Balaban J connectivity index is 1.72. The van der Waals surface area contributed by atoms with Gasteiger partial charge in [0.2, 0.25) is 15.9 Å². The minimum Gasteiger partial charge on any atom is -0.406 e. The molecule has 1 aliphatic heterocycles. The summed E-state index contributed by atoms with van der Waals surface area (Å²) in [6.45, 7) is 0.382. The van der Waals surface area contributed by atoms with Crippen molar-refractivity contribution in [3.05, 3.63) is 60.2 Å². The van der Waals surface area contributed by atoms with E-state index in [1.54, 1.807) is 35.2 Å². The number of hydrogen-bond donors (Lipinski definition) is 2. The summed E-state index contributed by atoms with van der Waals surface area (Å²) in [5, 5.41) is 2.06. The third-order valence-electron chi connectivity index (χ3n) is 4.94. The zero-order valence-corrected chi connectivity index (χ0v) is 18.0. The Morgan fingerprint density at radius 2 is 1.55 bits per heavy atom. The Morgan fingerprint density at radius 3 is 2.06 bits per heavy atom. The molecule has 13 heteroatoms. The maximum absolute atomic E-state index is 12.9. The van der Waals surface area contributed by atoms with Crippen LogP contribution in [0.25, 0.3) is 0 Å². The molecule has 1 unspecified atom stereocenters. The molecule has 1 aliphatic rings. The second kappa shape index (κ2) is 9.77. The Kier molecular flexibility index (Phi) is 7.25. The van der Waals surface area contributed by atoms with Crippen LogP contribution in [0.2, 0.25) is 0 Å². The lowest BCUT2D eigenvalue weighted by atomic mass is 10.0. The zero-order chi connectivity index (χ0) is 24.2. The van der Waals surface area contributed by atoms with Gasteiger partial charge in [-0.1, -0.05) is 30.3 Å². The molecule has 2 aromatic rings. The van der Waals surface area contributed by atoms with Crippen molar-refractivity contribution in [1.82, 2.24) is 14.5 Å². The number of piperazine rings is 1. The van der Waals surface area contributed by atoms with E-state index >= 15 is 0 Å². The fraction of sp³-hybridized carbons (Fsp3) is 0.300. The van der Waals surface area contributed by atoms with Gasteiger partial charge >= 0.3 is 12.4 Å². The van der Waals surface area contributed by atoms with Gasteiger partial charge in [-0.2, -0.15) is 4.31 Å². The smallest absolute Gasteiger partial charge is 0.406 e. The van der Waals surface area contributed by atoms with Gasteiger partial charge in [0.15, 0.2) is 0 Å². The number of urea groups is 1. The van der Waals surface area contributed by atoms with E-state index < -0.39 is 40.1 Å². The SMILES string of the molecule is NC(=O)NC(=O)C(c1ccccc1)N1CCN(S(=O)(=O)c2ccc(OC(F)(F)F)cc2)CC1. The van der Waals surface area contributed by atoms with Crippen LogP contribution in [0.3, 0.4) is 0 Å². The number of halogens is 3. The van der Waals surface area contributed by atoms with Gasteiger partial charge in [0, 0.05) is 26.2 Å². The average Bonchev–Trinajstić information content (AvgIpc) is 2.74. The Hall–Kier alpha value is -3.16. The number of sulfonamides is 1. The number of carbonyl (C=O) groups excluding carboxylic acids is 2. The van der Waals surface area contributed by atoms with Gasteiger partial charge in [-0.05, 0) is 29.8 Å². The molecule has 0 aliphatic carbocycles. The van der Waals surface area contributed by atoms with Crippen molar-refractivity contribution >= 4 is 22.0 Å². The van der Waals surface area contributed by atoms with Gasteiger partial charge in [0.1, 0.15) is 11.8 Å². The van der Waals surface area contributed by atoms with Crippen LogP contribution in [-0.2, 0) is 14.8 Å². The van der Waals surface area contributed by atoms with Crippen molar-refractivity contribution in [3.63, 3.8) is 0 Å². The Bertz CT molecular complexity index is 1090. The van der Waals surface area contributed by atoms with E-state index in [0.29, 0.717) is 5.56 Å². The standard InChI is InChI=1S/C20H21F3N4O5S/c21-20(22,23)32-15-6-8-16(9-7-15)33(30,31)27-12-10-26(11-13-27)17(18(28)25-19(24)29)14-4-2-1-3-5-14/h1-9,17H,10-13H2,(H3,24,25,28,29). The topological polar surface area (TPSA) is 122 Å². The first-order chi connectivity index (χ1) is 15.5. The molecular formula is C20H21F3N4O5S. The van der Waals surface area contributed by atoms with Crippen LogP contribution in [0.5, 0.6) is 5.75 Å². The molecule has 1 fully saturated rings. The summed E-state index contributed by atoms with van der Waals surface area (Å²) < 4.78 is 67.7. The number of imide groups is 1. The molecule has 1 atom stereocenters. The van der Waals surface area contributed by atoms with Crippen molar-refractivity contribution in [2.75, 3.05) is 26.2 Å². The molecule has 0 aromatic heterocycles. The second-order valence-corrected chi connectivity index (χ2v) is 9.06. The van der Waals surface area contributed by atoms with Crippen molar-refractivity contribution in [1.29, 1.82) is 0 Å². The summed E-state index contributed by atoms with van der Waals surface area (Å²) in [6.07, 6.45) is -4.88. The second-order valence-electron chi connectivity index (χ2n) is 7.13. The number of ether oxygens (including phenoxy) is 1. The summed E-state index contributed by atoms with van der Waals surface area (Å²) >= 11 is 0. The van der Waals surface area contributed by atoms with Crippen LogP contribution < -0.4 is 15.8 Å². The predicted molar refractivity (Wildman–Crippen MR) is 110 cm³/mol. The first-order valence-electron chi connectivity index (χ1n) is 9.72. The van der Waals surface area contributed by atoms with E-state index in [2.05, 4.69) is 10.1 Å². The van der Waals surface area contributed by atoms with E-state index in [0.717, 1.165) is 24.3 Å². The van der Waals surface area contributed by atoms with Crippen LogP contribution in [0, 0.1) is 0 Å². The molecule has 178 valence electrons. The lowest BCUT2D eigenvalue weighted by Gasteiger charge is -2.38. The van der Waals surface area contributed by atoms with Crippen molar-refractivity contribution in [2.24, 2.45) is 5.73 Å². The van der Waals surface area contributed by atoms with E-state index in [1.165, 1.54) is 4.31 Å². The average molecular weight is 486 g/mol. The monoisotopic (exact) mass is 486 g/mol. The highest BCUT2D eigenvalue weighted by atomic mass is 32.2. The van der Waals surface area contributed by atoms with Gasteiger partial charge in [0.25, 0.3) is 0 Å². The first kappa shape index (κ1) is 24.5. The van der Waals surface area contributed by atoms with Crippen molar-refractivity contribution in [3.8, 4) is 5.75 Å². The molecule has 3 rings (SSSR count). The fourth-order valence-corrected chi connectivity index (χ4v) is 4.94. The molecule has 3 N–H and O–H groups in total. The predicted octanol–water partition coefficient (Wildman–Crippen LogP) is 1.83. The number of nitrogens with two attached hydrogens (primary N) is 1. The zero-order valence-electron chi connectivity index (χ0n) is 17.2. The lowest BCUT2D eigenvalue weighted by Crippen LogP contribution is -2.53. The van der Waals surface area contributed by atoms with Crippen LogP contribution >= 0.6 is 0 Å². The number of alkyl halides is 3. The van der Waals surface area contributed by atoms with E-state index in [9.17, 15) is 31.2 Å². The summed E-state index contributed by atoms with van der Waals surface area (Å²) in [7, 11) is -3.98. The number of amides is 3. The molecule has 0 saturated carbocycles. The van der Waals surface area contributed by atoms with Gasteiger partial charge in [0.05, 0.1) is 4.90 Å². The molecule has 1 saturated heterocycles. The quantitative estimate of drug-likeness (QED) is 0.643. The highest BCUT2D eigenvalue weighted by molar-refractivity contribution is 7.89. The number of benzene rings is 2. The van der Waals surface area contributed by atoms with Gasteiger partial charge in [-0.3, -0.25) is 15.0 Å². The molecule has 9 nitrogen and oxygen atoms in total. The number of rotatable bonds is 6. The lowest BCUT2D eigenvalue weighted by molar-refractivity contribution is -0.274. The van der Waals surface area contributed by atoms with Crippen LogP contribution in [0.15, 0.2) is 59.5 Å². The minimum atomic E-state index is -4.88. The van der Waals surface area contributed by atoms with E-state index in [-0.39, 0.29) is 31.1 Å². The number of hydrogen-bond acceptors (Lipinski definition) is 6. The van der Waals surface area contributed by atoms with E-state index in [4.69, 9.17) is 5.73 Å². The molecule has 2 aromatic carbocycles. The normalized spacial score (nSPS) is 16.7. The fourth-order valence-electron chi connectivity index (χ4n) is 3.52. The van der Waals surface area contributed by atoms with E-state index in [1.807, 2.05) is 0 Å². The molecular weight excluding hydrogens is 465 g/mol. The maximum Gasteiger partial charge on any atom is 0.573 e.